The number of rotatable bonds is 7. The standard InChI is InChI=1S/C23H28N2O6S/c26-23(24-31-22-12-6-7-17-29-22)20-10-4-5-11-21(20)32(27,28)25-15-13-19(14-16-25)30-18-8-2-1-3-9-18/h1-5,8-11,19,22H,6-7,12-17H2,(H,24,26). The summed E-state index contributed by atoms with van der Waals surface area (Å²) in [7, 11) is -3.85. The zero-order valence-electron chi connectivity index (χ0n) is 17.8. The van der Waals surface area contributed by atoms with Crippen LogP contribution >= 0.6 is 0 Å². The Bertz CT molecular complexity index is 1000. The molecule has 1 N–H and O–H groups in total. The quantitative estimate of drug-likeness (QED) is 0.638. The van der Waals surface area contributed by atoms with Crippen LogP contribution in [-0.2, 0) is 19.6 Å². The van der Waals surface area contributed by atoms with E-state index in [1.165, 1.54) is 16.4 Å². The molecule has 2 heterocycles. The van der Waals surface area contributed by atoms with Crippen LogP contribution < -0.4 is 10.2 Å². The number of nitrogens with zero attached hydrogens (tertiary/aromatic N) is 1. The smallest absolute Gasteiger partial charge is 0.276 e. The summed E-state index contributed by atoms with van der Waals surface area (Å²) >= 11 is 0. The van der Waals surface area contributed by atoms with Crippen LogP contribution in [0.5, 0.6) is 5.75 Å². The number of nitrogens with one attached hydrogen (secondary N) is 1. The fourth-order valence-corrected chi connectivity index (χ4v) is 5.54. The van der Waals surface area contributed by atoms with E-state index in [9.17, 15) is 13.2 Å². The molecule has 1 amide bonds. The van der Waals surface area contributed by atoms with Crippen molar-refractivity contribution in [2.75, 3.05) is 19.7 Å². The summed E-state index contributed by atoms with van der Waals surface area (Å²) in [6.07, 6.45) is 3.18. The Morgan fingerprint density at radius 1 is 0.969 bits per heavy atom. The molecule has 172 valence electrons. The first kappa shape index (κ1) is 22.7. The summed E-state index contributed by atoms with van der Waals surface area (Å²) in [4.78, 5) is 18.0. The van der Waals surface area contributed by atoms with Crippen molar-refractivity contribution in [2.45, 2.75) is 49.4 Å². The fourth-order valence-electron chi connectivity index (χ4n) is 3.88. The minimum Gasteiger partial charge on any atom is -0.490 e. The normalized spacial score (nSPS) is 20.6. The number of carbonyl (C=O) groups is 1. The van der Waals surface area contributed by atoms with Crippen LogP contribution in [0.25, 0.3) is 0 Å². The molecule has 0 radical (unpaired) electrons. The number of carbonyl (C=O) groups excluding carboxylic acids is 1. The van der Waals surface area contributed by atoms with Gasteiger partial charge in [-0.05, 0) is 49.9 Å². The van der Waals surface area contributed by atoms with Gasteiger partial charge < -0.3 is 9.47 Å². The number of ether oxygens (including phenoxy) is 2. The average molecular weight is 461 g/mol. The van der Waals surface area contributed by atoms with Gasteiger partial charge in [0.15, 0.2) is 6.29 Å². The van der Waals surface area contributed by atoms with Gasteiger partial charge in [-0.15, -0.1) is 0 Å². The first-order valence-corrected chi connectivity index (χ1v) is 12.4. The summed E-state index contributed by atoms with van der Waals surface area (Å²) in [5.41, 5.74) is 2.40. The maximum absolute atomic E-state index is 13.3. The molecule has 2 aromatic carbocycles. The second-order valence-electron chi connectivity index (χ2n) is 7.88. The molecule has 0 bridgehead atoms. The van der Waals surface area contributed by atoms with Crippen molar-refractivity contribution < 1.29 is 27.5 Å². The Labute approximate surface area is 188 Å². The van der Waals surface area contributed by atoms with E-state index < -0.39 is 22.2 Å². The Kier molecular flexibility index (Phi) is 7.41. The van der Waals surface area contributed by atoms with E-state index in [1.54, 1.807) is 12.1 Å². The van der Waals surface area contributed by atoms with Gasteiger partial charge in [0, 0.05) is 26.1 Å². The second-order valence-corrected chi connectivity index (χ2v) is 9.78. The number of piperidine rings is 1. The van der Waals surface area contributed by atoms with Gasteiger partial charge in [0.25, 0.3) is 5.91 Å². The molecule has 1 atom stereocenters. The first-order valence-electron chi connectivity index (χ1n) is 10.9. The summed E-state index contributed by atoms with van der Waals surface area (Å²) < 4.78 is 39.5. The lowest BCUT2D eigenvalue weighted by Gasteiger charge is -2.31. The molecule has 1 unspecified atom stereocenters. The van der Waals surface area contributed by atoms with Crippen molar-refractivity contribution in [1.29, 1.82) is 0 Å². The van der Waals surface area contributed by atoms with E-state index in [4.69, 9.17) is 14.3 Å². The average Bonchev–Trinajstić information content (AvgIpc) is 2.84. The molecule has 9 heteroatoms. The zero-order chi connectivity index (χ0) is 22.4. The third-order valence-corrected chi connectivity index (χ3v) is 7.57. The molecule has 2 saturated heterocycles. The Balaban J connectivity index is 1.40. The predicted molar refractivity (Wildman–Crippen MR) is 117 cm³/mol. The van der Waals surface area contributed by atoms with Gasteiger partial charge >= 0.3 is 0 Å². The van der Waals surface area contributed by atoms with Crippen molar-refractivity contribution in [3.8, 4) is 5.75 Å². The van der Waals surface area contributed by atoms with Crippen molar-refractivity contribution in [2.24, 2.45) is 0 Å². The zero-order valence-corrected chi connectivity index (χ0v) is 18.6. The largest absolute Gasteiger partial charge is 0.490 e. The maximum atomic E-state index is 13.3. The molecule has 2 aliphatic heterocycles. The number of amides is 1. The Morgan fingerprint density at radius 3 is 2.41 bits per heavy atom. The molecule has 32 heavy (non-hydrogen) atoms. The van der Waals surface area contributed by atoms with Gasteiger partial charge in [0.05, 0.1) is 10.5 Å². The lowest BCUT2D eigenvalue weighted by molar-refractivity contribution is -0.186. The van der Waals surface area contributed by atoms with Crippen LogP contribution in [-0.4, -0.2) is 50.7 Å². The number of benzene rings is 2. The summed E-state index contributed by atoms with van der Waals surface area (Å²) in [6, 6.07) is 15.7. The SMILES string of the molecule is O=C(NOC1CCCCO1)c1ccccc1S(=O)(=O)N1CCC(Oc2ccccc2)CC1. The predicted octanol–water partition coefficient (Wildman–Crippen LogP) is 3.11. The van der Waals surface area contributed by atoms with Crippen LogP contribution in [0.1, 0.15) is 42.5 Å². The van der Waals surface area contributed by atoms with E-state index in [2.05, 4.69) is 5.48 Å². The molecular weight excluding hydrogens is 432 g/mol. The minimum atomic E-state index is -3.85. The molecule has 2 aliphatic rings. The molecule has 0 aliphatic carbocycles. The molecule has 8 nitrogen and oxygen atoms in total. The fraction of sp³-hybridized carbons (Fsp3) is 0.435. The Morgan fingerprint density at radius 2 is 1.69 bits per heavy atom. The number of hydrogen-bond donors (Lipinski definition) is 1. The van der Waals surface area contributed by atoms with Crippen LogP contribution in [0.15, 0.2) is 59.5 Å². The summed E-state index contributed by atoms with van der Waals surface area (Å²) in [5, 5.41) is 0. The Hall–Kier alpha value is -2.46. The summed E-state index contributed by atoms with van der Waals surface area (Å²) in [6.45, 7) is 1.22. The molecule has 0 aromatic heterocycles. The van der Waals surface area contributed by atoms with E-state index >= 15 is 0 Å². The minimum absolute atomic E-state index is 0.0342. The second kappa shape index (κ2) is 10.4. The number of hydrogen-bond acceptors (Lipinski definition) is 6. The highest BCUT2D eigenvalue weighted by Gasteiger charge is 2.33. The molecule has 2 fully saturated rings. The van der Waals surface area contributed by atoms with Gasteiger partial charge in [-0.2, -0.15) is 4.31 Å². The molecule has 2 aromatic rings. The lowest BCUT2D eigenvalue weighted by atomic mass is 10.1. The van der Waals surface area contributed by atoms with E-state index in [0.717, 1.165) is 18.6 Å². The van der Waals surface area contributed by atoms with Crippen LogP contribution in [0.3, 0.4) is 0 Å². The maximum Gasteiger partial charge on any atom is 0.276 e. The van der Waals surface area contributed by atoms with Crippen LogP contribution in [0.2, 0.25) is 0 Å². The van der Waals surface area contributed by atoms with Crippen LogP contribution in [0, 0.1) is 0 Å². The van der Waals surface area contributed by atoms with Gasteiger partial charge in [0.1, 0.15) is 11.9 Å². The van der Waals surface area contributed by atoms with E-state index in [1.807, 2.05) is 30.3 Å². The number of sulfonamides is 1. The number of hydroxylamine groups is 1. The van der Waals surface area contributed by atoms with Gasteiger partial charge in [0.2, 0.25) is 10.0 Å². The monoisotopic (exact) mass is 460 g/mol. The highest BCUT2D eigenvalue weighted by Crippen LogP contribution is 2.26. The molecule has 0 spiro atoms. The van der Waals surface area contributed by atoms with Gasteiger partial charge in [-0.3, -0.25) is 4.79 Å². The molecule has 4 rings (SSSR count). The van der Waals surface area contributed by atoms with Crippen molar-refractivity contribution >= 4 is 15.9 Å². The van der Waals surface area contributed by atoms with Crippen molar-refractivity contribution in [1.82, 2.24) is 9.79 Å². The van der Waals surface area contributed by atoms with Crippen molar-refractivity contribution in [3.63, 3.8) is 0 Å². The molecule has 0 saturated carbocycles. The van der Waals surface area contributed by atoms with E-state index in [0.29, 0.717) is 39.0 Å². The first-order chi connectivity index (χ1) is 15.5. The third-order valence-electron chi connectivity index (χ3n) is 5.62. The van der Waals surface area contributed by atoms with Crippen molar-refractivity contribution in [3.05, 3.63) is 60.2 Å². The van der Waals surface area contributed by atoms with Gasteiger partial charge in [-0.25, -0.2) is 18.7 Å². The summed E-state index contributed by atoms with van der Waals surface area (Å²) in [5.74, 6) is 0.165. The van der Waals surface area contributed by atoms with Crippen LogP contribution in [0.4, 0.5) is 0 Å². The highest BCUT2D eigenvalue weighted by molar-refractivity contribution is 7.89. The lowest BCUT2D eigenvalue weighted by Crippen LogP contribution is -2.42. The van der Waals surface area contributed by atoms with Gasteiger partial charge in [-0.1, -0.05) is 30.3 Å². The number of para-hydroxylation sites is 1. The topological polar surface area (TPSA) is 94.2 Å². The highest BCUT2D eigenvalue weighted by atomic mass is 32.2. The van der Waals surface area contributed by atoms with E-state index in [-0.39, 0.29) is 16.6 Å². The molecular formula is C23H28N2O6S. The third kappa shape index (κ3) is 5.47.